The van der Waals surface area contributed by atoms with Crippen molar-refractivity contribution in [2.24, 2.45) is 29.6 Å². The van der Waals surface area contributed by atoms with E-state index in [2.05, 4.69) is 38.1 Å². The van der Waals surface area contributed by atoms with E-state index in [1.54, 1.807) is 56.1 Å². The Bertz CT molecular complexity index is 635. The standard InChI is InChI=1S/C32H52/c1-3-5-7-25-9-11-27(12-10-25)13-14-28-17-20-32-24-31(22-21-30(32)23-28)29-18-15-26(16-19-29)8-6-4-2/h15-16,18-19,25,27-28,30-32H,3-14,17,20-24H2,1-2H3. The molecule has 0 N–H and O–H groups in total. The molecular weight excluding hydrogens is 384 g/mol. The molecule has 0 nitrogen and oxygen atoms in total. The van der Waals surface area contributed by atoms with Crippen LogP contribution < -0.4 is 0 Å². The van der Waals surface area contributed by atoms with Crippen molar-refractivity contribution in [1.82, 2.24) is 0 Å². The largest absolute Gasteiger partial charge is 0.0654 e. The van der Waals surface area contributed by atoms with Gasteiger partial charge in [-0.15, -0.1) is 0 Å². The van der Waals surface area contributed by atoms with Gasteiger partial charge in [0.05, 0.1) is 0 Å². The summed E-state index contributed by atoms with van der Waals surface area (Å²) in [6.45, 7) is 4.64. The first kappa shape index (κ1) is 24.3. The van der Waals surface area contributed by atoms with Gasteiger partial charge in [0, 0.05) is 0 Å². The molecule has 0 aromatic heterocycles. The Morgan fingerprint density at radius 2 is 1.19 bits per heavy atom. The van der Waals surface area contributed by atoms with Crippen molar-refractivity contribution in [3.63, 3.8) is 0 Å². The van der Waals surface area contributed by atoms with Crippen molar-refractivity contribution in [2.45, 2.75) is 135 Å². The summed E-state index contributed by atoms with van der Waals surface area (Å²) < 4.78 is 0. The average molecular weight is 437 g/mol. The van der Waals surface area contributed by atoms with E-state index < -0.39 is 0 Å². The van der Waals surface area contributed by atoms with Gasteiger partial charge in [-0.3, -0.25) is 0 Å². The molecular formula is C32H52. The summed E-state index contributed by atoms with van der Waals surface area (Å²) in [7, 11) is 0. The highest BCUT2D eigenvalue weighted by Gasteiger charge is 2.36. The molecule has 4 rings (SSSR count). The Balaban J connectivity index is 1.16. The normalized spacial score (nSPS) is 33.1. The molecule has 32 heavy (non-hydrogen) atoms. The highest BCUT2D eigenvalue weighted by molar-refractivity contribution is 5.26. The van der Waals surface area contributed by atoms with Crippen LogP contribution in [-0.4, -0.2) is 0 Å². The van der Waals surface area contributed by atoms with Crippen molar-refractivity contribution in [2.75, 3.05) is 0 Å². The van der Waals surface area contributed by atoms with Gasteiger partial charge in [0.25, 0.3) is 0 Å². The number of benzene rings is 1. The van der Waals surface area contributed by atoms with E-state index in [-0.39, 0.29) is 0 Å². The lowest BCUT2D eigenvalue weighted by atomic mass is 9.63. The van der Waals surface area contributed by atoms with E-state index in [0.29, 0.717) is 0 Å². The monoisotopic (exact) mass is 436 g/mol. The molecule has 0 heterocycles. The maximum Gasteiger partial charge on any atom is -0.0159 e. The molecule has 180 valence electrons. The van der Waals surface area contributed by atoms with Crippen LogP contribution in [0.25, 0.3) is 0 Å². The van der Waals surface area contributed by atoms with E-state index >= 15 is 0 Å². The van der Waals surface area contributed by atoms with Gasteiger partial charge in [-0.25, -0.2) is 0 Å². The molecule has 3 fully saturated rings. The van der Waals surface area contributed by atoms with Crippen LogP contribution in [0.15, 0.2) is 24.3 Å². The van der Waals surface area contributed by atoms with Crippen LogP contribution in [0, 0.1) is 29.6 Å². The van der Waals surface area contributed by atoms with Crippen LogP contribution in [0.2, 0.25) is 0 Å². The number of hydrogen-bond acceptors (Lipinski definition) is 0. The molecule has 3 aliphatic carbocycles. The predicted molar refractivity (Wildman–Crippen MR) is 140 cm³/mol. The van der Waals surface area contributed by atoms with Gasteiger partial charge >= 0.3 is 0 Å². The SMILES string of the molecule is CCCCc1ccc(C2CCC3CC(CCC4CCC(CCCC)CC4)CCC3C2)cc1. The fourth-order valence-corrected chi connectivity index (χ4v) is 7.66. The van der Waals surface area contributed by atoms with Crippen LogP contribution in [0.5, 0.6) is 0 Å². The van der Waals surface area contributed by atoms with Crippen LogP contribution in [-0.2, 0) is 6.42 Å². The van der Waals surface area contributed by atoms with E-state index in [9.17, 15) is 0 Å². The van der Waals surface area contributed by atoms with Gasteiger partial charge in [0.2, 0.25) is 0 Å². The topological polar surface area (TPSA) is 0 Å². The minimum Gasteiger partial charge on any atom is -0.0654 e. The van der Waals surface area contributed by atoms with Gasteiger partial charge in [0.1, 0.15) is 0 Å². The number of rotatable bonds is 10. The highest BCUT2D eigenvalue weighted by atomic mass is 14.4. The fraction of sp³-hybridized carbons (Fsp3) is 0.812. The molecule has 0 aliphatic heterocycles. The van der Waals surface area contributed by atoms with Gasteiger partial charge in [-0.1, -0.05) is 109 Å². The second-order valence-corrected chi connectivity index (χ2v) is 12.2. The maximum atomic E-state index is 2.47. The quantitative estimate of drug-likeness (QED) is 0.342. The zero-order valence-electron chi connectivity index (χ0n) is 21.5. The van der Waals surface area contributed by atoms with E-state index in [1.807, 2.05) is 0 Å². The molecule has 3 aliphatic rings. The summed E-state index contributed by atoms with van der Waals surface area (Å²) in [5.74, 6) is 6.13. The van der Waals surface area contributed by atoms with Gasteiger partial charge in [-0.05, 0) is 91.6 Å². The Morgan fingerprint density at radius 1 is 0.594 bits per heavy atom. The molecule has 3 saturated carbocycles. The second kappa shape index (κ2) is 12.6. The summed E-state index contributed by atoms with van der Waals surface area (Å²) in [6, 6.07) is 9.79. The summed E-state index contributed by atoms with van der Waals surface area (Å²) in [5.41, 5.74) is 3.18. The Labute approximate surface area is 200 Å². The minimum absolute atomic E-state index is 0.843. The van der Waals surface area contributed by atoms with Gasteiger partial charge < -0.3 is 0 Å². The zero-order valence-corrected chi connectivity index (χ0v) is 21.5. The zero-order chi connectivity index (χ0) is 22.2. The molecule has 4 unspecified atom stereocenters. The van der Waals surface area contributed by atoms with Gasteiger partial charge in [0.15, 0.2) is 0 Å². The molecule has 0 saturated heterocycles. The number of hydrogen-bond donors (Lipinski definition) is 0. The highest BCUT2D eigenvalue weighted by Crippen LogP contribution is 2.49. The summed E-state index contributed by atoms with van der Waals surface area (Å²) in [5, 5.41) is 0. The van der Waals surface area contributed by atoms with Gasteiger partial charge in [-0.2, -0.15) is 0 Å². The molecule has 0 radical (unpaired) electrons. The summed E-state index contributed by atoms with van der Waals surface area (Å²) in [4.78, 5) is 0. The van der Waals surface area contributed by atoms with E-state index in [4.69, 9.17) is 0 Å². The smallest absolute Gasteiger partial charge is 0.0159 e. The van der Waals surface area contributed by atoms with E-state index in [0.717, 1.165) is 35.5 Å². The van der Waals surface area contributed by atoms with Crippen molar-refractivity contribution < 1.29 is 0 Å². The third-order valence-corrected chi connectivity index (χ3v) is 9.91. The first-order valence-corrected chi connectivity index (χ1v) is 14.8. The van der Waals surface area contributed by atoms with Crippen molar-refractivity contribution in [3.8, 4) is 0 Å². The minimum atomic E-state index is 0.843. The molecule has 1 aromatic rings. The van der Waals surface area contributed by atoms with Crippen LogP contribution in [0.1, 0.15) is 140 Å². The summed E-state index contributed by atoms with van der Waals surface area (Å²) >= 11 is 0. The number of unbranched alkanes of at least 4 members (excludes halogenated alkanes) is 2. The number of fused-ring (bicyclic) bond motifs is 1. The first-order valence-electron chi connectivity index (χ1n) is 14.8. The van der Waals surface area contributed by atoms with Crippen molar-refractivity contribution >= 4 is 0 Å². The van der Waals surface area contributed by atoms with Crippen LogP contribution in [0.4, 0.5) is 0 Å². The molecule has 4 atom stereocenters. The first-order chi connectivity index (χ1) is 15.7. The molecule has 0 heteroatoms. The Morgan fingerprint density at radius 3 is 1.91 bits per heavy atom. The molecule has 0 bridgehead atoms. The number of aryl methyl sites for hydroxylation is 1. The van der Waals surface area contributed by atoms with Crippen LogP contribution in [0.3, 0.4) is 0 Å². The third kappa shape index (κ3) is 6.87. The predicted octanol–water partition coefficient (Wildman–Crippen LogP) is 10.1. The third-order valence-electron chi connectivity index (χ3n) is 9.91. The molecule has 1 aromatic carbocycles. The lowest BCUT2D eigenvalue weighted by Gasteiger charge is -2.43. The molecule has 0 amide bonds. The Hall–Kier alpha value is -0.780. The Kier molecular flexibility index (Phi) is 9.60. The lowest BCUT2D eigenvalue weighted by Crippen LogP contribution is -2.30. The molecule has 0 spiro atoms. The lowest BCUT2D eigenvalue weighted by molar-refractivity contribution is 0.108. The van der Waals surface area contributed by atoms with E-state index in [1.165, 1.54) is 70.6 Å². The van der Waals surface area contributed by atoms with Crippen LogP contribution >= 0.6 is 0 Å². The van der Waals surface area contributed by atoms with Crippen molar-refractivity contribution in [3.05, 3.63) is 35.4 Å². The van der Waals surface area contributed by atoms with Crippen molar-refractivity contribution in [1.29, 1.82) is 0 Å². The maximum absolute atomic E-state index is 2.47. The second-order valence-electron chi connectivity index (χ2n) is 12.2. The average Bonchev–Trinajstić information content (AvgIpc) is 2.85. The fourth-order valence-electron chi connectivity index (χ4n) is 7.66. The summed E-state index contributed by atoms with van der Waals surface area (Å²) in [6.07, 6.45) is 26.6.